The number of carbonyl (C=O) groups is 2. The lowest BCUT2D eigenvalue weighted by molar-refractivity contribution is -0.160. The van der Waals surface area contributed by atoms with E-state index in [-0.39, 0.29) is 57.2 Å². The second-order valence-electron chi connectivity index (χ2n) is 14.4. The van der Waals surface area contributed by atoms with E-state index in [9.17, 15) is 14.9 Å². The van der Waals surface area contributed by atoms with E-state index >= 15 is 0 Å². The molecule has 186 valence electrons. The zero-order chi connectivity index (χ0) is 25.8. The van der Waals surface area contributed by atoms with Crippen molar-refractivity contribution in [2.24, 2.45) is 56.7 Å². The number of rotatable bonds is 0. The van der Waals surface area contributed by atoms with Gasteiger partial charge in [0.25, 0.3) is 0 Å². The number of fused-ring (bicyclic) bond motifs is 7. The first-order chi connectivity index (χ1) is 16.2. The molecule has 0 spiro atoms. The smallest absolute Gasteiger partial charge is 0.226 e. The predicted octanol–water partition coefficient (Wildman–Crippen LogP) is 6.94. The summed E-state index contributed by atoms with van der Waals surface area (Å²) in [4.78, 5) is 31.0. The third kappa shape index (κ3) is 2.95. The maximum Gasteiger partial charge on any atom is 0.226 e. The van der Waals surface area contributed by atoms with Crippen LogP contribution in [0.3, 0.4) is 0 Å². The first-order valence-corrected chi connectivity index (χ1v) is 13.5. The minimum atomic E-state index is -0.646. The minimum absolute atomic E-state index is 0.0226. The molecule has 5 rings (SSSR count). The third-order valence-corrected chi connectivity index (χ3v) is 11.9. The normalized spacial score (nSPS) is 47.5. The number of nitriles is 1. The van der Waals surface area contributed by atoms with Crippen LogP contribution in [0.15, 0.2) is 23.4 Å². The molecule has 3 unspecified atom stereocenters. The van der Waals surface area contributed by atoms with Crippen molar-refractivity contribution >= 4 is 11.6 Å². The van der Waals surface area contributed by atoms with Crippen molar-refractivity contribution in [3.8, 4) is 6.07 Å². The molecule has 5 aliphatic carbocycles. The molecule has 0 saturated heterocycles. The van der Waals surface area contributed by atoms with Gasteiger partial charge in [-0.15, -0.1) is 0 Å². The van der Waals surface area contributed by atoms with E-state index in [0.29, 0.717) is 5.92 Å². The predicted molar refractivity (Wildman–Crippen MR) is 135 cm³/mol. The number of nitrogens with zero attached hydrogens (tertiary/aromatic N) is 2. The zero-order valence-electron chi connectivity index (χ0n) is 22.5. The van der Waals surface area contributed by atoms with Crippen molar-refractivity contribution in [1.29, 1.82) is 5.26 Å². The highest BCUT2D eigenvalue weighted by Gasteiger charge is 2.69. The van der Waals surface area contributed by atoms with Crippen molar-refractivity contribution < 1.29 is 9.59 Å². The summed E-state index contributed by atoms with van der Waals surface area (Å²) in [7, 11) is 0. The first kappa shape index (κ1) is 24.5. The van der Waals surface area contributed by atoms with Crippen molar-refractivity contribution in [2.75, 3.05) is 0 Å². The van der Waals surface area contributed by atoms with Gasteiger partial charge in [-0.2, -0.15) is 5.26 Å². The van der Waals surface area contributed by atoms with Gasteiger partial charge in [0.15, 0.2) is 11.6 Å². The van der Waals surface area contributed by atoms with Gasteiger partial charge in [-0.1, -0.05) is 60.1 Å². The Bertz CT molecular complexity index is 1160. The monoisotopic (exact) mass is 472 g/mol. The van der Waals surface area contributed by atoms with Crippen molar-refractivity contribution in [3.63, 3.8) is 0 Å². The summed E-state index contributed by atoms with van der Waals surface area (Å²) in [5.74, 6) is 0.669. The topological polar surface area (TPSA) is 62.3 Å². The van der Waals surface area contributed by atoms with E-state index < -0.39 is 10.8 Å². The van der Waals surface area contributed by atoms with Crippen molar-refractivity contribution in [1.82, 2.24) is 0 Å². The van der Waals surface area contributed by atoms with Crippen LogP contribution in [0.2, 0.25) is 0 Å². The number of carbonyl (C=O) groups excluding carboxylic acids is 2. The fraction of sp³-hybridized carbons (Fsp3) is 0.742. The van der Waals surface area contributed by atoms with E-state index in [2.05, 4.69) is 45.5 Å². The number of hydrogen-bond donors (Lipinski definition) is 0. The molecule has 0 aromatic rings. The summed E-state index contributed by atoms with van der Waals surface area (Å²) in [6, 6.07) is 2.69. The minimum Gasteiger partial charge on any atom is -0.307 e. The van der Waals surface area contributed by atoms with Crippen LogP contribution >= 0.6 is 0 Å². The van der Waals surface area contributed by atoms with Crippen LogP contribution in [0, 0.1) is 74.6 Å². The summed E-state index contributed by atoms with van der Waals surface area (Å²) in [6.07, 6.45) is 9.57. The molecule has 5 aliphatic rings. The van der Waals surface area contributed by atoms with Crippen LogP contribution < -0.4 is 0 Å². The lowest BCUT2D eigenvalue weighted by atomic mass is 9.35. The standard InChI is InChI=1S/C31H40N2O2/c1-27(2)11-9-19-18(17-32)14-31(7)25(20(19)15-27)22(34)13-24-29(5)16-21(33-8)26(35)28(3,4)23(29)10-12-30(24,31)6/h13,16,18-20,23,25H,9-12,14-15H2,1-7H3/t18-,19?,20?,23+,25?,29+,30-,31-/m1/s1. The Morgan fingerprint density at radius 2 is 1.69 bits per heavy atom. The lowest BCUT2D eigenvalue weighted by Gasteiger charge is -2.68. The van der Waals surface area contributed by atoms with Crippen LogP contribution in [0.4, 0.5) is 0 Å². The average molecular weight is 473 g/mol. The van der Waals surface area contributed by atoms with Crippen LogP contribution in [0.1, 0.15) is 87.0 Å². The molecule has 0 bridgehead atoms. The van der Waals surface area contributed by atoms with Crippen LogP contribution in [-0.4, -0.2) is 11.6 Å². The largest absolute Gasteiger partial charge is 0.307 e. The SMILES string of the molecule is [C-]#[N+]C1=C[C@]2(C)C3=CC(=O)C4C5CC(C)(C)CCC5[C@@H](C#N)C[C@@]4(C)[C@]3(C)CC[C@H]2C(C)(C)C1=O. The summed E-state index contributed by atoms with van der Waals surface area (Å²) in [6.45, 7) is 23.1. The Hall–Kier alpha value is -2.20. The number of ketones is 2. The molecule has 0 amide bonds. The molecule has 0 N–H and O–H groups in total. The molecule has 0 aromatic heterocycles. The highest BCUT2D eigenvalue weighted by atomic mass is 16.1. The average Bonchev–Trinajstić information content (AvgIpc) is 2.76. The summed E-state index contributed by atoms with van der Waals surface area (Å²) in [5, 5.41) is 10.3. The van der Waals surface area contributed by atoms with Crippen LogP contribution in [0.25, 0.3) is 4.85 Å². The van der Waals surface area contributed by atoms with Gasteiger partial charge in [-0.05, 0) is 78.6 Å². The van der Waals surface area contributed by atoms with Gasteiger partial charge in [0.2, 0.25) is 5.70 Å². The Balaban J connectivity index is 1.71. The third-order valence-electron chi connectivity index (χ3n) is 11.9. The van der Waals surface area contributed by atoms with Gasteiger partial charge in [0.1, 0.15) is 0 Å². The van der Waals surface area contributed by atoms with E-state index in [0.717, 1.165) is 44.1 Å². The quantitative estimate of drug-likeness (QED) is 0.359. The number of allylic oxidation sites excluding steroid dienone is 4. The molecule has 0 radical (unpaired) electrons. The number of hydrogen-bond acceptors (Lipinski definition) is 3. The van der Waals surface area contributed by atoms with Gasteiger partial charge in [0.05, 0.1) is 18.6 Å². The Labute approximate surface area is 211 Å². The van der Waals surface area contributed by atoms with E-state index in [4.69, 9.17) is 6.57 Å². The molecular formula is C31H40N2O2. The summed E-state index contributed by atoms with van der Waals surface area (Å²) < 4.78 is 0. The van der Waals surface area contributed by atoms with Gasteiger partial charge in [-0.3, -0.25) is 4.79 Å². The number of Topliss-reactive ketones (excluding diaryl/α,β-unsaturated/α-hetero) is 1. The highest BCUT2D eigenvalue weighted by molar-refractivity contribution is 6.03. The van der Waals surface area contributed by atoms with E-state index in [1.807, 2.05) is 26.0 Å². The van der Waals surface area contributed by atoms with Crippen molar-refractivity contribution in [2.45, 2.75) is 87.0 Å². The fourth-order valence-corrected chi connectivity index (χ4v) is 9.97. The molecule has 3 saturated carbocycles. The molecular weight excluding hydrogens is 432 g/mol. The Morgan fingerprint density at radius 3 is 2.31 bits per heavy atom. The summed E-state index contributed by atoms with van der Waals surface area (Å²) in [5.41, 5.74) is -0.211. The fourth-order valence-electron chi connectivity index (χ4n) is 9.97. The van der Waals surface area contributed by atoms with Crippen LogP contribution in [-0.2, 0) is 9.59 Å². The van der Waals surface area contributed by atoms with Gasteiger partial charge in [-0.25, -0.2) is 4.85 Å². The van der Waals surface area contributed by atoms with Gasteiger partial charge < -0.3 is 4.79 Å². The molecule has 0 heterocycles. The van der Waals surface area contributed by atoms with Crippen LogP contribution in [0.5, 0.6) is 0 Å². The lowest BCUT2D eigenvalue weighted by Crippen LogP contribution is -2.64. The van der Waals surface area contributed by atoms with Gasteiger partial charge in [0, 0.05) is 16.7 Å². The zero-order valence-corrected chi connectivity index (χ0v) is 22.5. The maximum atomic E-state index is 14.2. The second-order valence-corrected chi connectivity index (χ2v) is 14.4. The van der Waals surface area contributed by atoms with Gasteiger partial charge >= 0.3 is 0 Å². The molecule has 3 fully saturated rings. The highest BCUT2D eigenvalue weighted by Crippen LogP contribution is 2.73. The molecule has 4 nitrogen and oxygen atoms in total. The molecule has 8 atom stereocenters. The van der Waals surface area contributed by atoms with E-state index in [1.54, 1.807) is 0 Å². The molecule has 0 aromatic carbocycles. The molecule has 0 aliphatic heterocycles. The molecule has 35 heavy (non-hydrogen) atoms. The second kappa shape index (κ2) is 7.18. The Morgan fingerprint density at radius 1 is 1.00 bits per heavy atom. The maximum absolute atomic E-state index is 14.2. The molecule has 4 heteroatoms. The van der Waals surface area contributed by atoms with E-state index in [1.165, 1.54) is 0 Å². The first-order valence-electron chi connectivity index (χ1n) is 13.5. The Kier molecular flexibility index (Phi) is 5.03. The summed E-state index contributed by atoms with van der Waals surface area (Å²) >= 11 is 0. The van der Waals surface area contributed by atoms with Crippen molar-refractivity contribution in [3.05, 3.63) is 34.8 Å².